The molecule has 3 aliphatic heterocycles. The smallest absolute Gasteiger partial charge is 0.475 e. The van der Waals surface area contributed by atoms with Crippen LogP contribution in [-0.2, 0) is 43.8 Å². The van der Waals surface area contributed by atoms with E-state index in [2.05, 4.69) is 28.7 Å². The highest BCUT2D eigenvalue weighted by Crippen LogP contribution is 2.52. The summed E-state index contributed by atoms with van der Waals surface area (Å²) in [6.07, 6.45) is -15.2. The first-order valence-electron chi connectivity index (χ1n) is 18.8. The van der Waals surface area contributed by atoms with Crippen LogP contribution < -0.4 is 11.1 Å². The third-order valence-corrected chi connectivity index (χ3v) is 11.4. The number of hydrogen-bond acceptors (Lipinski definition) is 18. The normalized spacial score (nSPS) is 30.2. The summed E-state index contributed by atoms with van der Waals surface area (Å²) < 4.78 is 40.0. The predicted molar refractivity (Wildman–Crippen MR) is 207 cm³/mol. The standard InChI is InChI=1S/C39H45N4O17P/c1-20-42-31(40)12-13-43(20)36-34(50)33(49)30(57-36)19-56-61(54,55)60-39(37(51)52)16-27(46)26(35(59-39)32(48)28(47)18-44)15-24(45)17-41-38(53)58-29-14-23-8-3-2-6-21(23)10-11-22-7-4-5-9-25(22)29/h2-9,12-13,26-30,32-36,44,46-50H,1,14-19H2,(H2,40,42)(H,41,53)(H,51,52)(H,54,55)/t26?,27?,28-,29?,30-,32-,33+,34?,35?,36-,39?/m1/s1. The predicted octanol–water partition coefficient (Wildman–Crippen LogP) is -1.13. The first kappa shape index (κ1) is 45.5. The number of phosphoric ester groups is 1. The minimum atomic E-state index is -5.60. The van der Waals surface area contributed by atoms with Gasteiger partial charge < -0.3 is 70.8 Å². The molecule has 11 N–H and O–H groups in total. The molecule has 61 heavy (non-hydrogen) atoms. The molecule has 7 unspecified atom stereocenters. The molecule has 2 fully saturated rings. The molecule has 2 aromatic carbocycles. The number of phosphoric acid groups is 1. The Kier molecular flexibility index (Phi) is 14.1. The van der Waals surface area contributed by atoms with Crippen molar-refractivity contribution < 1.29 is 82.8 Å². The summed E-state index contributed by atoms with van der Waals surface area (Å²) in [6, 6.07) is 14.4. The number of alkyl carbamates (subject to hydrolysis) is 1. The number of aliphatic hydroxyl groups excluding tert-OH is 6. The molecular weight excluding hydrogens is 827 g/mol. The van der Waals surface area contributed by atoms with Crippen LogP contribution in [0.5, 0.6) is 0 Å². The molecule has 3 heterocycles. The molecule has 12 atom stereocenters. The molecule has 1 amide bonds. The fourth-order valence-electron chi connectivity index (χ4n) is 7.27. The highest BCUT2D eigenvalue weighted by molar-refractivity contribution is 7.47. The molecule has 6 rings (SSSR count). The summed E-state index contributed by atoms with van der Waals surface area (Å²) >= 11 is 0. The van der Waals surface area contributed by atoms with Crippen molar-refractivity contribution in [3.05, 3.63) is 95.5 Å². The molecule has 2 aromatic rings. The van der Waals surface area contributed by atoms with Crippen LogP contribution in [0.1, 0.15) is 41.2 Å². The SMILES string of the molecule is C=C1N=C(N)C=CN1[C@@H]1O[C@H](COP(=O)(O)OC2(C(=O)O)CC(O)C(CC(=O)CNC(=O)OC3Cc4ccccc4C#Cc4ccccc43)C([C@H](O)[C@H](O)CO)O2)[C@H](O)C1O. The lowest BCUT2D eigenvalue weighted by Gasteiger charge is -2.46. The third kappa shape index (κ3) is 10.4. The summed E-state index contributed by atoms with van der Waals surface area (Å²) in [5.74, 6) is -1.40. The Hall–Kier alpha value is -5.05. The van der Waals surface area contributed by atoms with Crippen molar-refractivity contribution in [3.8, 4) is 11.8 Å². The minimum absolute atomic E-state index is 0.0295. The molecule has 0 saturated carbocycles. The molecule has 0 spiro atoms. The molecule has 0 radical (unpaired) electrons. The first-order valence-corrected chi connectivity index (χ1v) is 20.3. The number of aliphatic imine (C=N–C) groups is 1. The number of nitrogens with two attached hydrogens (primary N) is 1. The van der Waals surface area contributed by atoms with Crippen molar-refractivity contribution in [1.29, 1.82) is 0 Å². The fraction of sp³-hybridized carbons (Fsp3) is 0.436. The summed E-state index contributed by atoms with van der Waals surface area (Å²) in [6.45, 7) is 0.908. The molecule has 21 nitrogen and oxygen atoms in total. The lowest BCUT2D eigenvalue weighted by Crippen LogP contribution is -2.62. The minimum Gasteiger partial charge on any atom is -0.477 e. The van der Waals surface area contributed by atoms with Gasteiger partial charge in [0.2, 0.25) is 0 Å². The maximum atomic E-state index is 13.3. The van der Waals surface area contributed by atoms with Crippen LogP contribution in [-0.4, -0.2) is 144 Å². The number of aliphatic hydroxyl groups is 6. The van der Waals surface area contributed by atoms with Gasteiger partial charge in [-0.2, -0.15) is 0 Å². The van der Waals surface area contributed by atoms with E-state index in [1.54, 1.807) is 24.3 Å². The van der Waals surface area contributed by atoms with E-state index < -0.39 is 125 Å². The Morgan fingerprint density at radius 3 is 2.48 bits per heavy atom. The van der Waals surface area contributed by atoms with Crippen molar-refractivity contribution in [2.24, 2.45) is 16.6 Å². The zero-order valence-electron chi connectivity index (χ0n) is 32.2. The zero-order chi connectivity index (χ0) is 44.2. The Labute approximate surface area is 347 Å². The van der Waals surface area contributed by atoms with Gasteiger partial charge in [-0.1, -0.05) is 54.8 Å². The number of carboxylic acids is 1. The van der Waals surface area contributed by atoms with E-state index in [-0.39, 0.29) is 18.1 Å². The van der Waals surface area contributed by atoms with Crippen molar-refractivity contribution >= 4 is 31.5 Å². The number of fused-ring (bicyclic) bond motifs is 2. The number of aliphatic carboxylic acids is 1. The van der Waals surface area contributed by atoms with Crippen LogP contribution in [0.25, 0.3) is 0 Å². The topological polar surface area (TPSA) is 330 Å². The molecule has 328 valence electrons. The average molecular weight is 873 g/mol. The molecule has 2 saturated heterocycles. The number of ether oxygens (including phenoxy) is 3. The van der Waals surface area contributed by atoms with E-state index >= 15 is 0 Å². The number of carbonyl (C=O) groups is 3. The van der Waals surface area contributed by atoms with Crippen LogP contribution in [0.4, 0.5) is 4.79 Å². The van der Waals surface area contributed by atoms with E-state index in [4.69, 9.17) is 29.0 Å². The third-order valence-electron chi connectivity index (χ3n) is 10.4. The monoisotopic (exact) mass is 872 g/mol. The molecule has 1 aliphatic carbocycles. The lowest BCUT2D eigenvalue weighted by atomic mass is 9.80. The zero-order valence-corrected chi connectivity index (χ0v) is 33.1. The Bertz CT molecular complexity index is 2180. The number of amidine groups is 1. The highest BCUT2D eigenvalue weighted by atomic mass is 31.2. The van der Waals surface area contributed by atoms with Crippen LogP contribution in [0, 0.1) is 17.8 Å². The van der Waals surface area contributed by atoms with Gasteiger partial charge in [0, 0.05) is 48.1 Å². The second-order valence-electron chi connectivity index (χ2n) is 14.6. The largest absolute Gasteiger partial charge is 0.477 e. The molecule has 4 aliphatic rings. The number of hydrogen-bond donors (Lipinski definition) is 10. The van der Waals surface area contributed by atoms with Crippen LogP contribution in [0.3, 0.4) is 0 Å². The number of Topliss-reactive ketones (excluding diaryl/α,β-unsaturated/α-hetero) is 1. The average Bonchev–Trinajstić information content (AvgIpc) is 3.49. The van der Waals surface area contributed by atoms with Gasteiger partial charge in [-0.3, -0.25) is 9.32 Å². The number of nitrogens with one attached hydrogen (secondary N) is 1. The van der Waals surface area contributed by atoms with E-state index in [1.807, 2.05) is 24.3 Å². The van der Waals surface area contributed by atoms with Crippen molar-refractivity contribution in [2.45, 2.75) is 80.1 Å². The first-order chi connectivity index (χ1) is 28.9. The number of amides is 1. The highest BCUT2D eigenvalue weighted by Gasteiger charge is 2.59. The van der Waals surface area contributed by atoms with E-state index in [9.17, 15) is 59.6 Å². The number of benzene rings is 2. The van der Waals surface area contributed by atoms with Crippen LogP contribution in [0.15, 0.2) is 78.2 Å². The molecule has 0 aromatic heterocycles. The van der Waals surface area contributed by atoms with Crippen molar-refractivity contribution in [1.82, 2.24) is 10.2 Å². The maximum Gasteiger partial charge on any atom is 0.475 e. The summed E-state index contributed by atoms with van der Waals surface area (Å²) in [5.41, 5.74) is 8.46. The maximum absolute atomic E-state index is 13.3. The summed E-state index contributed by atoms with van der Waals surface area (Å²) in [5, 5.41) is 75.9. The van der Waals surface area contributed by atoms with Gasteiger partial charge in [-0.15, -0.1) is 0 Å². The van der Waals surface area contributed by atoms with Crippen molar-refractivity contribution in [2.75, 3.05) is 19.8 Å². The second-order valence-corrected chi connectivity index (χ2v) is 16.0. The molecular formula is C39H45N4O17P. The summed E-state index contributed by atoms with van der Waals surface area (Å²) in [7, 11) is -5.60. The second kappa shape index (κ2) is 18.9. The number of nitrogens with zero attached hydrogens (tertiary/aromatic N) is 2. The van der Waals surface area contributed by atoms with Gasteiger partial charge in [0.25, 0.3) is 5.79 Å². The number of rotatable bonds is 15. The Balaban J connectivity index is 1.10. The number of carbonyl (C=O) groups excluding carboxylic acids is 2. The molecule has 0 bridgehead atoms. The number of carboxylic acid groups (broad SMARTS) is 1. The van der Waals surface area contributed by atoms with Gasteiger partial charge in [-0.05, 0) is 23.8 Å². The quantitative estimate of drug-likeness (QED) is 0.0747. The van der Waals surface area contributed by atoms with Crippen LogP contribution >= 0.6 is 7.82 Å². The van der Waals surface area contributed by atoms with Gasteiger partial charge in [-0.25, -0.2) is 23.7 Å². The van der Waals surface area contributed by atoms with E-state index in [1.165, 1.54) is 17.2 Å². The summed E-state index contributed by atoms with van der Waals surface area (Å²) in [4.78, 5) is 54.9. The fourth-order valence-corrected chi connectivity index (χ4v) is 8.23. The Morgan fingerprint density at radius 1 is 1.08 bits per heavy atom. The Morgan fingerprint density at radius 2 is 1.77 bits per heavy atom. The van der Waals surface area contributed by atoms with Gasteiger partial charge in [0.1, 0.15) is 48.3 Å². The van der Waals surface area contributed by atoms with Gasteiger partial charge in [0.15, 0.2) is 12.0 Å². The van der Waals surface area contributed by atoms with E-state index in [0.717, 1.165) is 11.1 Å². The van der Waals surface area contributed by atoms with Crippen molar-refractivity contribution in [3.63, 3.8) is 0 Å². The van der Waals surface area contributed by atoms with Gasteiger partial charge >= 0.3 is 19.9 Å². The lowest BCUT2D eigenvalue weighted by molar-refractivity contribution is -0.298. The molecule has 22 heteroatoms. The van der Waals surface area contributed by atoms with E-state index in [0.29, 0.717) is 11.1 Å². The number of ketones is 1. The van der Waals surface area contributed by atoms with Crippen LogP contribution in [0.2, 0.25) is 0 Å². The van der Waals surface area contributed by atoms with Gasteiger partial charge in [0.05, 0.1) is 32.0 Å².